The van der Waals surface area contributed by atoms with Crippen molar-refractivity contribution < 1.29 is 24.4 Å². The van der Waals surface area contributed by atoms with Crippen molar-refractivity contribution in [1.82, 2.24) is 0 Å². The molecule has 1 aromatic carbocycles. The monoisotopic (exact) mass is 333 g/mol. The van der Waals surface area contributed by atoms with Crippen LogP contribution in [0.1, 0.15) is 15.9 Å². The third-order valence-corrected chi connectivity index (χ3v) is 3.45. The Morgan fingerprint density at radius 3 is 2.74 bits per heavy atom. The third kappa shape index (κ3) is 4.48. The van der Waals surface area contributed by atoms with Crippen LogP contribution >= 0.6 is 11.3 Å². The van der Waals surface area contributed by atoms with Crippen molar-refractivity contribution >= 4 is 34.9 Å². The van der Waals surface area contributed by atoms with Gasteiger partial charge in [-0.15, -0.1) is 0 Å². The van der Waals surface area contributed by atoms with Gasteiger partial charge in [-0.1, -0.05) is 12.1 Å². The summed E-state index contributed by atoms with van der Waals surface area (Å²) < 4.78 is 4.87. The molecule has 0 bridgehead atoms. The number of hydrogen-bond donors (Lipinski definition) is 1. The van der Waals surface area contributed by atoms with Crippen molar-refractivity contribution in [2.75, 3.05) is 6.61 Å². The molecular formula is C15H11NO6S. The van der Waals surface area contributed by atoms with Gasteiger partial charge in [0.1, 0.15) is 0 Å². The van der Waals surface area contributed by atoms with E-state index in [0.717, 1.165) is 0 Å². The van der Waals surface area contributed by atoms with Gasteiger partial charge in [0.2, 0.25) is 0 Å². The van der Waals surface area contributed by atoms with Crippen molar-refractivity contribution in [3.8, 4) is 5.75 Å². The summed E-state index contributed by atoms with van der Waals surface area (Å²) in [5.41, 5.74) is 0.612. The maximum absolute atomic E-state index is 11.8. The molecule has 1 aromatic heterocycles. The highest BCUT2D eigenvalue weighted by Gasteiger charge is 2.16. The normalized spacial score (nSPS) is 10.6. The van der Waals surface area contributed by atoms with Crippen LogP contribution in [0.15, 0.2) is 41.1 Å². The van der Waals surface area contributed by atoms with E-state index in [1.807, 2.05) is 0 Å². The number of nitro groups is 1. The number of aliphatic carboxylic acids is 1. The second-order valence-corrected chi connectivity index (χ2v) is 5.16. The summed E-state index contributed by atoms with van der Waals surface area (Å²) in [5.74, 6) is -1.58. The predicted molar refractivity (Wildman–Crippen MR) is 83.9 cm³/mol. The van der Waals surface area contributed by atoms with Gasteiger partial charge in [-0.3, -0.25) is 14.9 Å². The van der Waals surface area contributed by atoms with Crippen molar-refractivity contribution in [1.29, 1.82) is 0 Å². The van der Waals surface area contributed by atoms with Gasteiger partial charge < -0.3 is 9.84 Å². The molecule has 0 amide bonds. The summed E-state index contributed by atoms with van der Waals surface area (Å²) in [6.07, 6.45) is 2.77. The Morgan fingerprint density at radius 2 is 2.13 bits per heavy atom. The molecule has 1 heterocycles. The standard InChI is InChI=1S/C15H11NO6S/c17-13(11-5-6-23-9-11)3-1-10-2-4-14(22-8-15(18)19)12(7-10)16(20)21/h1-7,9H,8H2,(H,18,19). The summed E-state index contributed by atoms with van der Waals surface area (Å²) in [4.78, 5) is 32.7. The zero-order valence-electron chi connectivity index (χ0n) is 11.7. The highest BCUT2D eigenvalue weighted by Crippen LogP contribution is 2.28. The molecule has 0 aliphatic heterocycles. The minimum Gasteiger partial charge on any atom is -0.479 e. The number of rotatable bonds is 7. The van der Waals surface area contributed by atoms with Gasteiger partial charge in [-0.05, 0) is 29.2 Å². The third-order valence-electron chi connectivity index (χ3n) is 2.76. The lowest BCUT2D eigenvalue weighted by atomic mass is 10.1. The first-order valence-corrected chi connectivity index (χ1v) is 7.29. The van der Waals surface area contributed by atoms with Crippen molar-refractivity contribution in [2.45, 2.75) is 0 Å². The molecule has 118 valence electrons. The highest BCUT2D eigenvalue weighted by atomic mass is 32.1. The number of ketones is 1. The number of nitro benzene ring substituents is 1. The Balaban J connectivity index is 2.20. The Bertz CT molecular complexity index is 766. The van der Waals surface area contributed by atoms with E-state index in [0.29, 0.717) is 11.1 Å². The molecule has 0 aliphatic carbocycles. The second kappa shape index (κ2) is 7.32. The van der Waals surface area contributed by atoms with Crippen LogP contribution in [-0.2, 0) is 4.79 Å². The molecule has 0 aliphatic rings. The van der Waals surface area contributed by atoms with Gasteiger partial charge >= 0.3 is 11.7 Å². The van der Waals surface area contributed by atoms with E-state index in [-0.39, 0.29) is 17.2 Å². The van der Waals surface area contributed by atoms with Crippen LogP contribution in [0, 0.1) is 10.1 Å². The zero-order chi connectivity index (χ0) is 16.8. The van der Waals surface area contributed by atoms with Crippen LogP contribution in [-0.4, -0.2) is 28.4 Å². The van der Waals surface area contributed by atoms with Gasteiger partial charge in [0, 0.05) is 17.0 Å². The number of carbonyl (C=O) groups is 2. The van der Waals surface area contributed by atoms with E-state index < -0.39 is 17.5 Å². The van der Waals surface area contributed by atoms with Crippen LogP contribution < -0.4 is 4.74 Å². The molecule has 0 saturated carbocycles. The second-order valence-electron chi connectivity index (χ2n) is 4.38. The molecule has 0 saturated heterocycles. The molecule has 2 aromatic rings. The molecule has 23 heavy (non-hydrogen) atoms. The number of carboxylic acids is 1. The van der Waals surface area contributed by atoms with Crippen LogP contribution in [0.4, 0.5) is 5.69 Å². The number of nitrogens with zero attached hydrogens (tertiary/aromatic N) is 1. The zero-order valence-corrected chi connectivity index (χ0v) is 12.5. The predicted octanol–water partition coefficient (Wildman–Crippen LogP) is 3.02. The van der Waals surface area contributed by atoms with E-state index in [9.17, 15) is 19.7 Å². The maximum atomic E-state index is 11.8. The van der Waals surface area contributed by atoms with Crippen LogP contribution in [0.25, 0.3) is 6.08 Å². The molecule has 2 rings (SSSR count). The average molecular weight is 333 g/mol. The summed E-state index contributed by atoms with van der Waals surface area (Å²) in [6.45, 7) is -0.674. The van der Waals surface area contributed by atoms with Crippen molar-refractivity contribution in [3.05, 3.63) is 62.3 Å². The SMILES string of the molecule is O=C(O)COc1ccc(C=CC(=O)c2ccsc2)cc1[N+](=O)[O-]. The highest BCUT2D eigenvalue weighted by molar-refractivity contribution is 7.08. The van der Waals surface area contributed by atoms with E-state index >= 15 is 0 Å². The molecule has 8 heteroatoms. The maximum Gasteiger partial charge on any atom is 0.341 e. The van der Waals surface area contributed by atoms with Gasteiger partial charge in [0.25, 0.3) is 0 Å². The van der Waals surface area contributed by atoms with E-state index in [4.69, 9.17) is 9.84 Å². The quantitative estimate of drug-likeness (QED) is 0.361. The Labute approximate surface area is 134 Å². The lowest BCUT2D eigenvalue weighted by Crippen LogP contribution is -2.10. The number of thiophene rings is 1. The Hall–Kier alpha value is -3.00. The van der Waals surface area contributed by atoms with Gasteiger partial charge in [-0.2, -0.15) is 11.3 Å². The molecule has 0 fully saturated rings. The van der Waals surface area contributed by atoms with Gasteiger partial charge in [0.15, 0.2) is 18.1 Å². The number of ether oxygens (including phenoxy) is 1. The topological polar surface area (TPSA) is 107 Å². The Kier molecular flexibility index (Phi) is 5.21. The smallest absolute Gasteiger partial charge is 0.341 e. The fourth-order valence-corrected chi connectivity index (χ4v) is 2.36. The number of allylic oxidation sites excluding steroid dienone is 1. The fraction of sp³-hybridized carbons (Fsp3) is 0.0667. The lowest BCUT2D eigenvalue weighted by Gasteiger charge is -2.04. The van der Waals surface area contributed by atoms with Gasteiger partial charge in [-0.25, -0.2) is 4.79 Å². The molecule has 0 spiro atoms. The number of carboxylic acid groups (broad SMARTS) is 1. The first kappa shape index (κ1) is 16.4. The first-order valence-electron chi connectivity index (χ1n) is 6.35. The minimum absolute atomic E-state index is 0.140. The lowest BCUT2D eigenvalue weighted by molar-refractivity contribution is -0.385. The van der Waals surface area contributed by atoms with Crippen LogP contribution in [0.2, 0.25) is 0 Å². The van der Waals surface area contributed by atoms with E-state index in [2.05, 4.69) is 0 Å². The summed E-state index contributed by atoms with van der Waals surface area (Å²) >= 11 is 1.40. The number of carbonyl (C=O) groups excluding carboxylic acids is 1. The van der Waals surface area contributed by atoms with E-state index in [1.54, 1.807) is 16.8 Å². The van der Waals surface area contributed by atoms with Crippen LogP contribution in [0.3, 0.4) is 0 Å². The van der Waals surface area contributed by atoms with Crippen LogP contribution in [0.5, 0.6) is 5.75 Å². The molecular weight excluding hydrogens is 322 g/mol. The molecule has 1 N–H and O–H groups in total. The summed E-state index contributed by atoms with van der Waals surface area (Å²) in [7, 11) is 0. The van der Waals surface area contributed by atoms with E-state index in [1.165, 1.54) is 41.7 Å². The first-order chi connectivity index (χ1) is 11.0. The van der Waals surface area contributed by atoms with Crippen molar-refractivity contribution in [2.24, 2.45) is 0 Å². The Morgan fingerprint density at radius 1 is 1.35 bits per heavy atom. The largest absolute Gasteiger partial charge is 0.479 e. The molecule has 0 unspecified atom stereocenters. The summed E-state index contributed by atoms with van der Waals surface area (Å²) in [5, 5.41) is 23.1. The number of hydrogen-bond acceptors (Lipinski definition) is 6. The molecule has 0 atom stereocenters. The van der Waals surface area contributed by atoms with Crippen molar-refractivity contribution in [3.63, 3.8) is 0 Å². The fourth-order valence-electron chi connectivity index (χ4n) is 1.72. The minimum atomic E-state index is -1.23. The average Bonchev–Trinajstić information content (AvgIpc) is 3.05. The molecule has 7 nitrogen and oxygen atoms in total. The number of benzene rings is 1. The summed E-state index contributed by atoms with van der Waals surface area (Å²) in [6, 6.07) is 5.70. The molecule has 0 radical (unpaired) electrons. The van der Waals surface area contributed by atoms with Gasteiger partial charge in [0.05, 0.1) is 4.92 Å².